The second kappa shape index (κ2) is 7.79. The van der Waals surface area contributed by atoms with Crippen molar-refractivity contribution in [3.63, 3.8) is 0 Å². The lowest BCUT2D eigenvalue weighted by molar-refractivity contribution is 0.0996. The monoisotopic (exact) mass is 411 g/mol. The van der Waals surface area contributed by atoms with Crippen molar-refractivity contribution in [3.05, 3.63) is 85.0 Å². The van der Waals surface area contributed by atoms with Gasteiger partial charge in [0.1, 0.15) is 5.75 Å². The van der Waals surface area contributed by atoms with Crippen LogP contribution in [-0.2, 0) is 0 Å². The summed E-state index contributed by atoms with van der Waals surface area (Å²) in [6, 6.07) is 20.1. The zero-order valence-corrected chi connectivity index (χ0v) is 16.5. The summed E-state index contributed by atoms with van der Waals surface area (Å²) in [6.45, 7) is 0. The highest BCUT2D eigenvalue weighted by atomic mass is 16.5. The van der Waals surface area contributed by atoms with Gasteiger partial charge in [0, 0.05) is 23.0 Å². The molecule has 1 amide bonds. The Morgan fingerprint density at radius 3 is 2.61 bits per heavy atom. The van der Waals surface area contributed by atoms with Crippen LogP contribution in [0.3, 0.4) is 0 Å². The van der Waals surface area contributed by atoms with E-state index in [2.05, 4.69) is 15.3 Å². The molecule has 0 unspecified atom stereocenters. The minimum Gasteiger partial charge on any atom is -0.497 e. The van der Waals surface area contributed by atoms with Crippen LogP contribution in [0.5, 0.6) is 5.75 Å². The number of benzene rings is 2. The van der Waals surface area contributed by atoms with Gasteiger partial charge in [0.05, 0.1) is 13.4 Å². The maximum absolute atomic E-state index is 12.2. The van der Waals surface area contributed by atoms with E-state index in [1.165, 1.54) is 6.26 Å². The number of hydrogen-bond donors (Lipinski definition) is 1. The molecule has 152 valence electrons. The number of rotatable bonds is 5. The van der Waals surface area contributed by atoms with Gasteiger partial charge in [-0.1, -0.05) is 18.2 Å². The Morgan fingerprint density at radius 1 is 0.968 bits per heavy atom. The fourth-order valence-corrected chi connectivity index (χ4v) is 3.21. The van der Waals surface area contributed by atoms with Crippen LogP contribution in [0.25, 0.3) is 33.8 Å². The van der Waals surface area contributed by atoms with Gasteiger partial charge in [-0.2, -0.15) is 4.98 Å². The molecule has 31 heavy (non-hydrogen) atoms. The first-order chi connectivity index (χ1) is 15.2. The number of pyridine rings is 1. The van der Waals surface area contributed by atoms with E-state index in [4.69, 9.17) is 13.6 Å². The Bertz CT molecular complexity index is 1360. The second-order valence-electron chi connectivity index (χ2n) is 6.81. The van der Waals surface area contributed by atoms with Crippen molar-refractivity contribution in [2.45, 2.75) is 0 Å². The van der Waals surface area contributed by atoms with Crippen LogP contribution in [0, 0.1) is 0 Å². The van der Waals surface area contributed by atoms with Crippen LogP contribution in [0.2, 0.25) is 0 Å². The van der Waals surface area contributed by atoms with Crippen LogP contribution >= 0.6 is 0 Å². The quantitative estimate of drug-likeness (QED) is 0.416. The van der Waals surface area contributed by atoms with E-state index >= 15 is 0 Å². The zero-order chi connectivity index (χ0) is 21.2. The fraction of sp³-hybridized carbons (Fsp3) is 0.0417. The molecule has 5 rings (SSSR count). The predicted molar refractivity (Wildman–Crippen MR) is 116 cm³/mol. The summed E-state index contributed by atoms with van der Waals surface area (Å²) in [5, 5.41) is 2.80. The lowest BCUT2D eigenvalue weighted by Gasteiger charge is -2.04. The second-order valence-corrected chi connectivity index (χ2v) is 6.81. The first kappa shape index (κ1) is 18.6. The number of methoxy groups -OCH3 is 1. The molecule has 3 aromatic heterocycles. The standard InChI is InChI=1S/C24H17N3O4/c1-29-19-9-7-15(8-10-19)17-13-21-22(25-14-17)27-24(31-21)16-4-2-5-18(12-16)26-23(28)20-6-3-11-30-20/h2-14H,1H3,(H,26,28). The number of carbonyl (C=O) groups excluding carboxylic acids is 1. The van der Waals surface area contributed by atoms with Gasteiger partial charge < -0.3 is 18.9 Å². The number of nitrogens with zero attached hydrogens (tertiary/aromatic N) is 2. The first-order valence-electron chi connectivity index (χ1n) is 9.56. The van der Waals surface area contributed by atoms with Gasteiger partial charge in [-0.3, -0.25) is 4.79 Å². The van der Waals surface area contributed by atoms with E-state index in [0.29, 0.717) is 22.8 Å². The third-order valence-electron chi connectivity index (χ3n) is 4.78. The lowest BCUT2D eigenvalue weighted by Crippen LogP contribution is -2.10. The average molecular weight is 411 g/mol. The zero-order valence-electron chi connectivity index (χ0n) is 16.5. The molecule has 0 fully saturated rings. The normalized spacial score (nSPS) is 10.9. The summed E-state index contributed by atoms with van der Waals surface area (Å²) in [6.07, 6.45) is 3.22. The summed E-state index contributed by atoms with van der Waals surface area (Å²) < 4.78 is 16.3. The molecule has 0 aliphatic heterocycles. The molecule has 7 heteroatoms. The number of aromatic nitrogens is 2. The van der Waals surface area contributed by atoms with Crippen molar-refractivity contribution in [1.82, 2.24) is 9.97 Å². The highest BCUT2D eigenvalue weighted by molar-refractivity contribution is 6.02. The number of furan rings is 1. The number of anilines is 1. The van der Waals surface area contributed by atoms with Crippen molar-refractivity contribution < 1.29 is 18.4 Å². The van der Waals surface area contributed by atoms with E-state index in [-0.39, 0.29) is 11.7 Å². The van der Waals surface area contributed by atoms with Crippen LogP contribution in [0.1, 0.15) is 10.6 Å². The Morgan fingerprint density at radius 2 is 1.84 bits per heavy atom. The molecule has 3 heterocycles. The Hall–Kier alpha value is -4.39. The number of amides is 1. The van der Waals surface area contributed by atoms with E-state index in [1.54, 1.807) is 37.6 Å². The number of carbonyl (C=O) groups is 1. The predicted octanol–water partition coefficient (Wildman–Crippen LogP) is 5.41. The summed E-state index contributed by atoms with van der Waals surface area (Å²) in [4.78, 5) is 21.1. The van der Waals surface area contributed by atoms with Crippen LogP contribution in [-0.4, -0.2) is 23.0 Å². The highest BCUT2D eigenvalue weighted by Crippen LogP contribution is 2.29. The van der Waals surface area contributed by atoms with Crippen molar-refractivity contribution in [3.8, 4) is 28.3 Å². The summed E-state index contributed by atoms with van der Waals surface area (Å²) in [5.74, 6) is 1.12. The summed E-state index contributed by atoms with van der Waals surface area (Å²) in [7, 11) is 1.64. The van der Waals surface area contributed by atoms with E-state index in [9.17, 15) is 4.79 Å². The minimum absolute atomic E-state index is 0.238. The molecule has 7 nitrogen and oxygen atoms in total. The first-order valence-corrected chi connectivity index (χ1v) is 9.56. The van der Waals surface area contributed by atoms with Gasteiger partial charge in [0.2, 0.25) is 5.89 Å². The van der Waals surface area contributed by atoms with Gasteiger partial charge in [-0.25, -0.2) is 4.98 Å². The van der Waals surface area contributed by atoms with E-state index in [1.807, 2.05) is 42.5 Å². The Kier molecular flexibility index (Phi) is 4.68. The Labute approximate surface area is 177 Å². The van der Waals surface area contributed by atoms with Crippen molar-refractivity contribution in [1.29, 1.82) is 0 Å². The number of ether oxygens (including phenoxy) is 1. The molecule has 0 aliphatic rings. The Balaban J connectivity index is 1.43. The molecule has 0 bridgehead atoms. The maximum Gasteiger partial charge on any atom is 0.291 e. The maximum atomic E-state index is 12.2. The van der Waals surface area contributed by atoms with Crippen LogP contribution in [0.4, 0.5) is 5.69 Å². The van der Waals surface area contributed by atoms with Crippen molar-refractivity contribution >= 4 is 22.8 Å². The molecule has 0 atom stereocenters. The van der Waals surface area contributed by atoms with E-state index < -0.39 is 0 Å². The van der Waals surface area contributed by atoms with Gasteiger partial charge >= 0.3 is 0 Å². The highest BCUT2D eigenvalue weighted by Gasteiger charge is 2.13. The molecule has 0 spiro atoms. The molecule has 0 aliphatic carbocycles. The SMILES string of the molecule is COc1ccc(-c2cnc3nc(-c4cccc(NC(=O)c5ccco5)c4)oc3c2)cc1. The molecule has 1 N–H and O–H groups in total. The average Bonchev–Trinajstić information content (AvgIpc) is 3.49. The molecular formula is C24H17N3O4. The van der Waals surface area contributed by atoms with Gasteiger partial charge in [-0.15, -0.1) is 0 Å². The van der Waals surface area contributed by atoms with Gasteiger partial charge in [-0.05, 0) is 54.1 Å². The third-order valence-corrected chi connectivity index (χ3v) is 4.78. The lowest BCUT2D eigenvalue weighted by atomic mass is 10.1. The van der Waals surface area contributed by atoms with Gasteiger partial charge in [0.25, 0.3) is 5.91 Å². The van der Waals surface area contributed by atoms with Gasteiger partial charge in [0.15, 0.2) is 17.0 Å². The molecular weight excluding hydrogens is 394 g/mol. The molecule has 2 aromatic carbocycles. The number of oxazole rings is 1. The van der Waals surface area contributed by atoms with Crippen LogP contribution < -0.4 is 10.1 Å². The van der Waals surface area contributed by atoms with Crippen molar-refractivity contribution in [2.24, 2.45) is 0 Å². The fourth-order valence-electron chi connectivity index (χ4n) is 3.21. The van der Waals surface area contributed by atoms with E-state index in [0.717, 1.165) is 22.4 Å². The molecule has 0 saturated carbocycles. The molecule has 5 aromatic rings. The smallest absolute Gasteiger partial charge is 0.291 e. The summed E-state index contributed by atoms with van der Waals surface area (Å²) >= 11 is 0. The third kappa shape index (κ3) is 3.76. The minimum atomic E-state index is -0.328. The number of hydrogen-bond acceptors (Lipinski definition) is 6. The molecule has 0 radical (unpaired) electrons. The molecule has 0 saturated heterocycles. The van der Waals surface area contributed by atoms with Crippen molar-refractivity contribution in [2.75, 3.05) is 12.4 Å². The largest absolute Gasteiger partial charge is 0.497 e. The number of nitrogens with one attached hydrogen (secondary N) is 1. The topological polar surface area (TPSA) is 90.4 Å². The number of fused-ring (bicyclic) bond motifs is 1. The summed E-state index contributed by atoms with van der Waals surface area (Å²) in [5.41, 5.74) is 4.33. The van der Waals surface area contributed by atoms with Crippen LogP contribution in [0.15, 0.2) is 88.0 Å².